The number of pyridine rings is 1. The summed E-state index contributed by atoms with van der Waals surface area (Å²) < 4.78 is 38.7. The Hall–Kier alpha value is -2.90. The Morgan fingerprint density at radius 1 is 1.18 bits per heavy atom. The summed E-state index contributed by atoms with van der Waals surface area (Å²) in [6, 6.07) is 7.22. The van der Waals surface area contributed by atoms with Crippen molar-refractivity contribution in [1.82, 2.24) is 10.3 Å². The van der Waals surface area contributed by atoms with Gasteiger partial charge in [-0.25, -0.2) is 4.98 Å². The molecule has 0 unspecified atom stereocenters. The summed E-state index contributed by atoms with van der Waals surface area (Å²) in [5, 5.41) is 5.38. The smallest absolute Gasteiger partial charge is 0.346 e. The maximum Gasteiger partial charge on any atom is 0.416 e. The number of anilines is 1. The molecule has 148 valence electrons. The van der Waals surface area contributed by atoms with Gasteiger partial charge in [0, 0.05) is 17.2 Å². The number of carbonyl (C=O) groups is 2. The van der Waals surface area contributed by atoms with Crippen LogP contribution >= 0.6 is 0 Å². The van der Waals surface area contributed by atoms with Gasteiger partial charge in [0.15, 0.2) is 0 Å². The topological polar surface area (TPSA) is 71.1 Å². The Balaban J connectivity index is 1.73. The second-order valence-electron chi connectivity index (χ2n) is 6.96. The Morgan fingerprint density at radius 2 is 1.89 bits per heavy atom. The molecule has 1 atom stereocenters. The van der Waals surface area contributed by atoms with Crippen molar-refractivity contribution >= 4 is 17.6 Å². The molecule has 1 aromatic heterocycles. The van der Waals surface area contributed by atoms with Crippen LogP contribution in [0.15, 0.2) is 36.4 Å². The zero-order chi connectivity index (χ0) is 20.5. The summed E-state index contributed by atoms with van der Waals surface area (Å²) in [6.45, 7) is 3.30. The van der Waals surface area contributed by atoms with Gasteiger partial charge < -0.3 is 10.6 Å². The number of benzene rings is 1. The summed E-state index contributed by atoms with van der Waals surface area (Å²) in [7, 11) is 0. The molecule has 1 saturated carbocycles. The van der Waals surface area contributed by atoms with Crippen LogP contribution in [0.5, 0.6) is 0 Å². The van der Waals surface area contributed by atoms with Crippen molar-refractivity contribution in [2.75, 3.05) is 5.32 Å². The highest BCUT2D eigenvalue weighted by Gasteiger charge is 2.31. The fourth-order valence-corrected chi connectivity index (χ4v) is 2.79. The van der Waals surface area contributed by atoms with E-state index in [9.17, 15) is 22.8 Å². The first kappa shape index (κ1) is 19.9. The third-order valence-corrected chi connectivity index (χ3v) is 4.48. The monoisotopic (exact) mass is 391 g/mol. The van der Waals surface area contributed by atoms with Crippen LogP contribution in [0.3, 0.4) is 0 Å². The highest BCUT2D eigenvalue weighted by Crippen LogP contribution is 2.31. The minimum Gasteiger partial charge on any atom is -0.346 e. The van der Waals surface area contributed by atoms with E-state index in [0.717, 1.165) is 25.0 Å². The molecule has 28 heavy (non-hydrogen) atoms. The lowest BCUT2D eigenvalue weighted by molar-refractivity contribution is -0.137. The molecular formula is C20H20F3N3O2. The van der Waals surface area contributed by atoms with Gasteiger partial charge in [-0.15, -0.1) is 0 Å². The van der Waals surface area contributed by atoms with Gasteiger partial charge in [0.1, 0.15) is 5.82 Å². The van der Waals surface area contributed by atoms with Crippen molar-refractivity contribution in [2.24, 2.45) is 5.92 Å². The van der Waals surface area contributed by atoms with Crippen molar-refractivity contribution in [3.05, 3.63) is 58.8 Å². The number of halogens is 3. The zero-order valence-electron chi connectivity index (χ0n) is 15.4. The average Bonchev–Trinajstić information content (AvgIpc) is 3.45. The molecule has 8 heteroatoms. The molecule has 2 amide bonds. The molecule has 2 aromatic rings. The minimum atomic E-state index is -4.45. The van der Waals surface area contributed by atoms with Crippen molar-refractivity contribution in [1.29, 1.82) is 0 Å². The fourth-order valence-electron chi connectivity index (χ4n) is 2.79. The highest BCUT2D eigenvalue weighted by molar-refractivity contribution is 5.97. The van der Waals surface area contributed by atoms with Gasteiger partial charge in [-0.2, -0.15) is 13.2 Å². The molecule has 1 heterocycles. The van der Waals surface area contributed by atoms with E-state index in [-0.39, 0.29) is 23.2 Å². The predicted molar refractivity (Wildman–Crippen MR) is 97.7 cm³/mol. The third-order valence-electron chi connectivity index (χ3n) is 4.48. The van der Waals surface area contributed by atoms with Crippen LogP contribution in [0.2, 0.25) is 0 Å². The van der Waals surface area contributed by atoms with E-state index in [2.05, 4.69) is 15.6 Å². The number of alkyl halides is 3. The Kier molecular flexibility index (Phi) is 5.40. The van der Waals surface area contributed by atoms with Crippen LogP contribution in [0.1, 0.15) is 53.0 Å². The number of aromatic nitrogens is 1. The van der Waals surface area contributed by atoms with Crippen molar-refractivity contribution in [2.45, 2.75) is 38.9 Å². The normalized spacial score (nSPS) is 15.0. The van der Waals surface area contributed by atoms with Crippen LogP contribution < -0.4 is 10.6 Å². The van der Waals surface area contributed by atoms with Crippen LogP contribution in [-0.2, 0) is 11.0 Å². The molecular weight excluding hydrogens is 371 g/mol. The number of amides is 2. The summed E-state index contributed by atoms with van der Waals surface area (Å²) in [5.74, 6) is -0.298. The zero-order valence-corrected chi connectivity index (χ0v) is 15.4. The minimum absolute atomic E-state index is 0.000482. The van der Waals surface area contributed by atoms with Gasteiger partial charge >= 0.3 is 6.18 Å². The third kappa shape index (κ3) is 4.88. The van der Waals surface area contributed by atoms with Gasteiger partial charge in [0.2, 0.25) is 5.91 Å². The van der Waals surface area contributed by atoms with E-state index in [1.54, 1.807) is 19.9 Å². The molecule has 1 aliphatic rings. The lowest BCUT2D eigenvalue weighted by Crippen LogP contribution is -2.27. The van der Waals surface area contributed by atoms with E-state index in [0.29, 0.717) is 11.3 Å². The average molecular weight is 391 g/mol. The van der Waals surface area contributed by atoms with Crippen molar-refractivity contribution in [3.63, 3.8) is 0 Å². The molecule has 0 saturated heterocycles. The van der Waals surface area contributed by atoms with Gasteiger partial charge in [0.25, 0.3) is 5.91 Å². The number of nitrogens with zero attached hydrogens (tertiary/aromatic N) is 1. The number of hydrogen-bond donors (Lipinski definition) is 2. The maximum atomic E-state index is 12.9. The summed E-state index contributed by atoms with van der Waals surface area (Å²) >= 11 is 0. The lowest BCUT2D eigenvalue weighted by Gasteiger charge is -2.17. The van der Waals surface area contributed by atoms with E-state index < -0.39 is 23.7 Å². The number of nitrogens with one attached hydrogen (secondary N) is 2. The summed E-state index contributed by atoms with van der Waals surface area (Å²) in [6.07, 6.45) is -2.75. The van der Waals surface area contributed by atoms with Crippen LogP contribution in [-0.4, -0.2) is 16.8 Å². The van der Waals surface area contributed by atoms with E-state index >= 15 is 0 Å². The molecule has 1 fully saturated rings. The lowest BCUT2D eigenvalue weighted by atomic mass is 10.0. The Morgan fingerprint density at radius 3 is 2.54 bits per heavy atom. The predicted octanol–water partition coefficient (Wildman–Crippen LogP) is 4.25. The molecule has 1 aromatic carbocycles. The Bertz CT molecular complexity index is 908. The van der Waals surface area contributed by atoms with Gasteiger partial charge in [0.05, 0.1) is 11.6 Å². The number of aryl methyl sites for hydroxylation is 1. The van der Waals surface area contributed by atoms with Crippen LogP contribution in [0.25, 0.3) is 0 Å². The largest absolute Gasteiger partial charge is 0.416 e. The molecule has 5 nitrogen and oxygen atoms in total. The molecule has 0 radical (unpaired) electrons. The van der Waals surface area contributed by atoms with E-state index in [1.807, 2.05) is 0 Å². The number of rotatable bonds is 5. The number of hydrogen-bond acceptors (Lipinski definition) is 3. The molecule has 1 aliphatic carbocycles. The van der Waals surface area contributed by atoms with Crippen molar-refractivity contribution < 1.29 is 22.8 Å². The summed E-state index contributed by atoms with van der Waals surface area (Å²) in [4.78, 5) is 28.7. The molecule has 0 spiro atoms. The molecule has 2 N–H and O–H groups in total. The first-order valence-corrected chi connectivity index (χ1v) is 8.91. The van der Waals surface area contributed by atoms with Crippen LogP contribution in [0.4, 0.5) is 19.0 Å². The maximum absolute atomic E-state index is 12.9. The first-order chi connectivity index (χ1) is 13.1. The second kappa shape index (κ2) is 7.61. The quantitative estimate of drug-likeness (QED) is 0.801. The van der Waals surface area contributed by atoms with E-state index in [4.69, 9.17) is 0 Å². The van der Waals surface area contributed by atoms with Gasteiger partial charge in [-0.3, -0.25) is 9.59 Å². The van der Waals surface area contributed by atoms with Crippen LogP contribution in [0, 0.1) is 12.8 Å². The number of carbonyl (C=O) groups excluding carboxylic acids is 2. The Labute approximate surface area is 160 Å². The summed E-state index contributed by atoms with van der Waals surface area (Å²) in [5.41, 5.74) is 0.398. The van der Waals surface area contributed by atoms with Crippen molar-refractivity contribution in [3.8, 4) is 0 Å². The van der Waals surface area contributed by atoms with Gasteiger partial charge in [-0.1, -0.05) is 12.1 Å². The fraction of sp³-hybridized carbons (Fsp3) is 0.350. The SMILES string of the molecule is Cc1cc(C(=O)N[C@H](C)c2cccc(C(F)(F)F)c2)cc(NC(=O)C2CC2)n1. The molecule has 0 bridgehead atoms. The molecule has 3 rings (SSSR count). The van der Waals surface area contributed by atoms with E-state index in [1.165, 1.54) is 18.2 Å². The standard InChI is InChI=1S/C20H20F3N3O2/c1-11-8-15(10-17(24-11)26-18(27)13-6-7-13)19(28)25-12(2)14-4-3-5-16(9-14)20(21,22)23/h3-5,8-10,12-13H,6-7H2,1-2H3,(H,25,28)(H,24,26,27)/t12-/m1/s1. The highest BCUT2D eigenvalue weighted by atomic mass is 19.4. The van der Waals surface area contributed by atoms with Gasteiger partial charge in [-0.05, 0) is 56.5 Å². The molecule has 0 aliphatic heterocycles. The second-order valence-corrected chi connectivity index (χ2v) is 6.96. The first-order valence-electron chi connectivity index (χ1n) is 8.91.